The van der Waals surface area contributed by atoms with Crippen molar-refractivity contribution in [3.05, 3.63) is 35.3 Å². The number of hydrogen-bond acceptors (Lipinski definition) is 2. The SMILES string of the molecule is Cc1nc2c(C)cccn2c1CC(=O)NC(C)(C)CC(C)(C)C. The summed E-state index contributed by atoms with van der Waals surface area (Å²) in [5, 5.41) is 3.18. The molecule has 0 aromatic carbocycles. The highest BCUT2D eigenvalue weighted by Gasteiger charge is 2.27. The molecular weight excluding hydrogens is 286 g/mol. The lowest BCUT2D eigenvalue weighted by Crippen LogP contribution is -2.46. The van der Waals surface area contributed by atoms with Crippen LogP contribution in [0.15, 0.2) is 18.3 Å². The minimum atomic E-state index is -0.223. The van der Waals surface area contributed by atoms with E-state index in [1.54, 1.807) is 0 Å². The lowest BCUT2D eigenvalue weighted by Gasteiger charge is -2.33. The molecule has 1 amide bonds. The van der Waals surface area contributed by atoms with Crippen molar-refractivity contribution in [3.8, 4) is 0 Å². The van der Waals surface area contributed by atoms with Crippen LogP contribution >= 0.6 is 0 Å². The average molecular weight is 315 g/mol. The minimum absolute atomic E-state index is 0.0469. The van der Waals surface area contributed by atoms with Gasteiger partial charge in [-0.1, -0.05) is 26.8 Å². The summed E-state index contributed by atoms with van der Waals surface area (Å²) >= 11 is 0. The number of pyridine rings is 1. The van der Waals surface area contributed by atoms with Crippen molar-refractivity contribution in [2.45, 2.75) is 66.8 Å². The largest absolute Gasteiger partial charge is 0.351 e. The molecule has 2 heterocycles. The molecule has 0 aliphatic heterocycles. The lowest BCUT2D eigenvalue weighted by atomic mass is 9.82. The fourth-order valence-electron chi connectivity index (χ4n) is 3.52. The first-order chi connectivity index (χ1) is 10.5. The van der Waals surface area contributed by atoms with Gasteiger partial charge in [0.05, 0.1) is 17.8 Å². The summed E-state index contributed by atoms with van der Waals surface area (Å²) in [6.07, 6.45) is 3.26. The molecule has 0 atom stereocenters. The van der Waals surface area contributed by atoms with Crippen molar-refractivity contribution < 1.29 is 4.79 Å². The van der Waals surface area contributed by atoms with Crippen LogP contribution < -0.4 is 5.32 Å². The maximum atomic E-state index is 12.5. The van der Waals surface area contributed by atoms with E-state index in [0.29, 0.717) is 6.42 Å². The van der Waals surface area contributed by atoms with Crippen molar-refractivity contribution in [2.24, 2.45) is 5.41 Å². The first-order valence-electron chi connectivity index (χ1n) is 8.23. The van der Waals surface area contributed by atoms with Crippen LogP contribution in [0.5, 0.6) is 0 Å². The van der Waals surface area contributed by atoms with Crippen LogP contribution in [0.25, 0.3) is 5.65 Å². The van der Waals surface area contributed by atoms with Gasteiger partial charge in [-0.3, -0.25) is 4.79 Å². The highest BCUT2D eigenvalue weighted by molar-refractivity contribution is 5.79. The second-order valence-corrected chi connectivity index (χ2v) is 8.37. The van der Waals surface area contributed by atoms with Crippen LogP contribution in [0, 0.1) is 19.3 Å². The number of nitrogens with zero attached hydrogens (tertiary/aromatic N) is 2. The van der Waals surface area contributed by atoms with Crippen LogP contribution in [0.1, 0.15) is 58.0 Å². The molecule has 0 aliphatic carbocycles. The molecule has 2 aromatic heterocycles. The van der Waals surface area contributed by atoms with Gasteiger partial charge in [0.2, 0.25) is 5.91 Å². The number of amides is 1. The van der Waals surface area contributed by atoms with E-state index in [0.717, 1.165) is 29.0 Å². The van der Waals surface area contributed by atoms with E-state index in [1.807, 2.05) is 36.6 Å². The highest BCUT2D eigenvalue weighted by atomic mass is 16.1. The molecule has 0 saturated carbocycles. The summed E-state index contributed by atoms with van der Waals surface area (Å²) < 4.78 is 2.03. The van der Waals surface area contributed by atoms with E-state index in [9.17, 15) is 4.79 Å². The van der Waals surface area contributed by atoms with Gasteiger partial charge in [0.15, 0.2) is 0 Å². The van der Waals surface area contributed by atoms with E-state index >= 15 is 0 Å². The van der Waals surface area contributed by atoms with Gasteiger partial charge in [-0.05, 0) is 51.2 Å². The van der Waals surface area contributed by atoms with Gasteiger partial charge in [-0.2, -0.15) is 0 Å². The van der Waals surface area contributed by atoms with Crippen molar-refractivity contribution >= 4 is 11.6 Å². The number of aromatic nitrogens is 2. The molecule has 0 radical (unpaired) electrons. The Hall–Kier alpha value is -1.84. The molecule has 0 spiro atoms. The molecule has 2 rings (SSSR count). The number of aryl methyl sites for hydroxylation is 2. The molecule has 4 heteroatoms. The number of fused-ring (bicyclic) bond motifs is 1. The predicted octanol–water partition coefficient (Wildman–Crippen LogP) is 3.82. The monoisotopic (exact) mass is 315 g/mol. The number of nitrogens with one attached hydrogen (secondary N) is 1. The van der Waals surface area contributed by atoms with E-state index in [2.05, 4.69) is 44.9 Å². The van der Waals surface area contributed by atoms with Crippen molar-refractivity contribution in [2.75, 3.05) is 0 Å². The zero-order valence-corrected chi connectivity index (χ0v) is 15.4. The van der Waals surface area contributed by atoms with Crippen molar-refractivity contribution in [1.82, 2.24) is 14.7 Å². The Bertz CT molecular complexity index is 720. The predicted molar refractivity (Wildman–Crippen MR) is 94.7 cm³/mol. The van der Waals surface area contributed by atoms with E-state index in [-0.39, 0.29) is 16.9 Å². The fraction of sp³-hybridized carbons (Fsp3) is 0.579. The van der Waals surface area contributed by atoms with Crippen LogP contribution in [0.4, 0.5) is 0 Å². The van der Waals surface area contributed by atoms with Gasteiger partial charge in [0, 0.05) is 11.7 Å². The third-order valence-electron chi connectivity index (χ3n) is 3.92. The second kappa shape index (κ2) is 5.99. The van der Waals surface area contributed by atoms with Gasteiger partial charge < -0.3 is 9.72 Å². The van der Waals surface area contributed by atoms with E-state index in [1.165, 1.54) is 0 Å². The summed E-state index contributed by atoms with van der Waals surface area (Å²) in [4.78, 5) is 17.1. The van der Waals surface area contributed by atoms with Crippen LogP contribution in [0.3, 0.4) is 0 Å². The van der Waals surface area contributed by atoms with Gasteiger partial charge in [0.25, 0.3) is 0 Å². The van der Waals surface area contributed by atoms with Gasteiger partial charge in [-0.25, -0.2) is 4.98 Å². The Labute approximate surface area is 139 Å². The summed E-state index contributed by atoms with van der Waals surface area (Å²) in [5.74, 6) is 0.0469. The Balaban J connectivity index is 2.18. The summed E-state index contributed by atoms with van der Waals surface area (Å²) in [6.45, 7) is 14.8. The first kappa shape index (κ1) is 17.5. The molecule has 0 fully saturated rings. The molecule has 0 bridgehead atoms. The smallest absolute Gasteiger partial charge is 0.226 e. The number of hydrogen-bond donors (Lipinski definition) is 1. The van der Waals surface area contributed by atoms with Crippen LogP contribution in [-0.4, -0.2) is 20.8 Å². The maximum Gasteiger partial charge on any atom is 0.226 e. The summed E-state index contributed by atoms with van der Waals surface area (Å²) in [6, 6.07) is 4.03. The summed E-state index contributed by atoms with van der Waals surface area (Å²) in [7, 11) is 0. The third kappa shape index (κ3) is 4.34. The van der Waals surface area contributed by atoms with Crippen molar-refractivity contribution in [1.29, 1.82) is 0 Å². The van der Waals surface area contributed by atoms with E-state index < -0.39 is 0 Å². The van der Waals surface area contributed by atoms with Gasteiger partial charge in [-0.15, -0.1) is 0 Å². The second-order valence-electron chi connectivity index (χ2n) is 8.37. The number of carbonyl (C=O) groups is 1. The first-order valence-corrected chi connectivity index (χ1v) is 8.23. The number of imidazole rings is 1. The topological polar surface area (TPSA) is 46.4 Å². The normalized spacial score (nSPS) is 12.7. The molecule has 0 unspecified atom stereocenters. The van der Waals surface area contributed by atoms with Gasteiger partial charge >= 0.3 is 0 Å². The number of carbonyl (C=O) groups excluding carboxylic acids is 1. The molecular formula is C19H29N3O. The molecule has 2 aromatic rings. The highest BCUT2D eigenvalue weighted by Crippen LogP contribution is 2.27. The molecule has 126 valence electrons. The molecule has 1 N–H and O–H groups in total. The fourth-order valence-corrected chi connectivity index (χ4v) is 3.52. The quantitative estimate of drug-likeness (QED) is 0.932. The Kier molecular flexibility index (Phi) is 4.56. The lowest BCUT2D eigenvalue weighted by molar-refractivity contribution is -0.122. The van der Waals surface area contributed by atoms with Crippen molar-refractivity contribution in [3.63, 3.8) is 0 Å². The number of rotatable bonds is 4. The Morgan fingerprint density at radius 1 is 1.22 bits per heavy atom. The minimum Gasteiger partial charge on any atom is -0.351 e. The van der Waals surface area contributed by atoms with Gasteiger partial charge in [0.1, 0.15) is 5.65 Å². The molecule has 4 nitrogen and oxygen atoms in total. The molecule has 0 aliphatic rings. The molecule has 0 saturated heterocycles. The van der Waals surface area contributed by atoms with E-state index in [4.69, 9.17) is 0 Å². The Morgan fingerprint density at radius 2 is 1.87 bits per heavy atom. The average Bonchev–Trinajstić information content (AvgIpc) is 2.64. The van der Waals surface area contributed by atoms with Crippen LogP contribution in [-0.2, 0) is 11.2 Å². The summed E-state index contributed by atoms with van der Waals surface area (Å²) in [5.41, 5.74) is 3.89. The molecule has 23 heavy (non-hydrogen) atoms. The standard InChI is InChI=1S/C19H29N3O/c1-13-9-8-10-22-15(14(2)20-17(13)22)11-16(23)21-19(6,7)12-18(3,4)5/h8-10H,11-12H2,1-7H3,(H,21,23). The zero-order valence-electron chi connectivity index (χ0n) is 15.4. The third-order valence-corrected chi connectivity index (χ3v) is 3.92. The zero-order chi connectivity index (χ0) is 17.4. The van der Waals surface area contributed by atoms with Crippen LogP contribution in [0.2, 0.25) is 0 Å². The maximum absolute atomic E-state index is 12.5. The Morgan fingerprint density at radius 3 is 2.48 bits per heavy atom.